The Bertz CT molecular complexity index is 940. The number of nitrogens with one attached hydrogen (secondary N) is 1. The van der Waals surface area contributed by atoms with Gasteiger partial charge in [0.25, 0.3) is 5.91 Å². The molecule has 2 rings (SSSR count). The number of carbonyl (C=O) groups excluding carboxylic acids is 2. The van der Waals surface area contributed by atoms with Crippen molar-refractivity contribution in [1.29, 1.82) is 0 Å². The van der Waals surface area contributed by atoms with Crippen LogP contribution in [-0.4, -0.2) is 52.4 Å². The van der Waals surface area contributed by atoms with E-state index in [1.165, 1.54) is 45.5 Å². The molecule has 0 atom stereocenters. The number of esters is 1. The summed E-state index contributed by atoms with van der Waals surface area (Å²) in [6.45, 7) is -0.310. The van der Waals surface area contributed by atoms with Crippen LogP contribution in [0.4, 0.5) is 5.69 Å². The molecule has 2 aromatic carbocycles. The highest BCUT2D eigenvalue weighted by atomic mass is 32.2. The van der Waals surface area contributed by atoms with Gasteiger partial charge in [0.05, 0.1) is 17.6 Å². The number of hydrogen-bond donors (Lipinski definition) is 1. The van der Waals surface area contributed by atoms with E-state index in [1.54, 1.807) is 24.3 Å². The summed E-state index contributed by atoms with van der Waals surface area (Å²) in [5.74, 6) is -0.654. The van der Waals surface area contributed by atoms with Gasteiger partial charge >= 0.3 is 5.97 Å². The molecule has 0 heterocycles. The van der Waals surface area contributed by atoms with Gasteiger partial charge in [0.15, 0.2) is 6.61 Å². The van der Waals surface area contributed by atoms with Crippen LogP contribution in [0, 0.1) is 0 Å². The van der Waals surface area contributed by atoms with E-state index in [1.807, 2.05) is 0 Å². The van der Waals surface area contributed by atoms with Crippen molar-refractivity contribution < 1.29 is 27.5 Å². The molecule has 1 amide bonds. The van der Waals surface area contributed by atoms with Crippen LogP contribution < -0.4 is 10.1 Å². The number of rotatable bonds is 7. The number of ether oxygens (including phenoxy) is 2. The molecule has 0 aliphatic rings. The molecule has 0 radical (unpaired) electrons. The van der Waals surface area contributed by atoms with Crippen LogP contribution in [0.25, 0.3) is 0 Å². The van der Waals surface area contributed by atoms with Gasteiger partial charge in [-0.2, -0.15) is 0 Å². The van der Waals surface area contributed by atoms with Crippen LogP contribution >= 0.6 is 0 Å². The second-order valence-electron chi connectivity index (χ2n) is 5.67. The summed E-state index contributed by atoms with van der Waals surface area (Å²) in [6.07, 6.45) is 0. The van der Waals surface area contributed by atoms with Gasteiger partial charge in [0, 0.05) is 19.8 Å². The van der Waals surface area contributed by atoms with E-state index in [9.17, 15) is 18.0 Å². The average Bonchev–Trinajstić information content (AvgIpc) is 2.66. The van der Waals surface area contributed by atoms with Gasteiger partial charge in [0.2, 0.25) is 10.0 Å². The quantitative estimate of drug-likeness (QED) is 0.720. The maximum Gasteiger partial charge on any atom is 0.337 e. The SMILES string of the molecule is COC(=O)c1cccc(OCC(=O)Nc2cccc(S(=O)(=O)N(C)C)c2)c1. The molecule has 27 heavy (non-hydrogen) atoms. The molecule has 0 aliphatic heterocycles. The minimum Gasteiger partial charge on any atom is -0.484 e. The van der Waals surface area contributed by atoms with Gasteiger partial charge in [-0.25, -0.2) is 17.5 Å². The zero-order chi connectivity index (χ0) is 20.0. The summed E-state index contributed by atoms with van der Waals surface area (Å²) in [4.78, 5) is 23.6. The molecule has 1 N–H and O–H groups in total. The van der Waals surface area contributed by atoms with E-state index in [-0.39, 0.29) is 11.5 Å². The molecular weight excluding hydrogens is 372 g/mol. The van der Waals surface area contributed by atoms with Crippen molar-refractivity contribution in [3.63, 3.8) is 0 Å². The third-order valence-electron chi connectivity index (χ3n) is 3.52. The molecule has 0 aliphatic carbocycles. The standard InChI is InChI=1S/C18H20N2O6S/c1-20(2)27(23,24)16-9-5-7-14(11-16)19-17(21)12-26-15-8-4-6-13(10-15)18(22)25-3/h4-11H,12H2,1-3H3,(H,19,21). The maximum atomic E-state index is 12.1. The molecule has 144 valence electrons. The molecule has 8 nitrogen and oxygen atoms in total. The highest BCUT2D eigenvalue weighted by molar-refractivity contribution is 7.89. The predicted octanol–water partition coefficient (Wildman–Crippen LogP) is 1.74. The summed E-state index contributed by atoms with van der Waals surface area (Å²) in [7, 11) is 0.528. The first-order valence-corrected chi connectivity index (χ1v) is 9.31. The number of carbonyl (C=O) groups is 2. The molecule has 0 saturated heterocycles. The first-order valence-electron chi connectivity index (χ1n) is 7.87. The highest BCUT2D eigenvalue weighted by Crippen LogP contribution is 2.18. The van der Waals surface area contributed by atoms with Gasteiger partial charge in [-0.05, 0) is 36.4 Å². The summed E-state index contributed by atoms with van der Waals surface area (Å²) in [5.41, 5.74) is 0.631. The lowest BCUT2D eigenvalue weighted by molar-refractivity contribution is -0.118. The fourth-order valence-corrected chi connectivity index (χ4v) is 3.07. The zero-order valence-corrected chi connectivity index (χ0v) is 15.9. The lowest BCUT2D eigenvalue weighted by atomic mass is 10.2. The lowest BCUT2D eigenvalue weighted by Crippen LogP contribution is -2.23. The van der Waals surface area contributed by atoms with Crippen LogP contribution in [-0.2, 0) is 19.6 Å². The van der Waals surface area contributed by atoms with Gasteiger partial charge in [-0.3, -0.25) is 4.79 Å². The van der Waals surface area contributed by atoms with Crippen molar-refractivity contribution in [2.24, 2.45) is 0 Å². The third-order valence-corrected chi connectivity index (χ3v) is 5.33. The van der Waals surface area contributed by atoms with E-state index in [2.05, 4.69) is 10.1 Å². The van der Waals surface area contributed by atoms with Crippen molar-refractivity contribution in [2.75, 3.05) is 33.1 Å². The Hall–Kier alpha value is -2.91. The van der Waals surface area contributed by atoms with E-state index in [4.69, 9.17) is 4.74 Å². The Balaban J connectivity index is 2.02. The van der Waals surface area contributed by atoms with Crippen molar-refractivity contribution >= 4 is 27.6 Å². The Morgan fingerprint density at radius 1 is 1.07 bits per heavy atom. The molecule has 0 bridgehead atoms. The number of nitrogens with zero attached hydrogens (tertiary/aromatic N) is 1. The Kier molecular flexibility index (Phi) is 6.54. The van der Waals surface area contributed by atoms with Crippen LogP contribution in [0.15, 0.2) is 53.4 Å². The normalized spacial score (nSPS) is 11.1. The minimum atomic E-state index is -3.60. The van der Waals surface area contributed by atoms with Crippen molar-refractivity contribution in [1.82, 2.24) is 4.31 Å². The van der Waals surface area contributed by atoms with Gasteiger partial charge in [-0.15, -0.1) is 0 Å². The smallest absolute Gasteiger partial charge is 0.337 e. The molecule has 9 heteroatoms. The van der Waals surface area contributed by atoms with Crippen molar-refractivity contribution in [2.45, 2.75) is 4.90 Å². The summed E-state index contributed by atoms with van der Waals surface area (Å²) < 4.78 is 35.4. The van der Waals surface area contributed by atoms with E-state index in [0.29, 0.717) is 17.0 Å². The van der Waals surface area contributed by atoms with E-state index in [0.717, 1.165) is 4.31 Å². The first-order chi connectivity index (χ1) is 12.7. The molecule has 2 aromatic rings. The summed E-state index contributed by atoms with van der Waals surface area (Å²) in [5, 5.41) is 2.57. The molecular formula is C18H20N2O6S. The third kappa shape index (κ3) is 5.28. The Labute approximate surface area is 157 Å². The number of benzene rings is 2. The monoisotopic (exact) mass is 392 g/mol. The average molecular weight is 392 g/mol. The first kappa shape index (κ1) is 20.4. The fraction of sp³-hybridized carbons (Fsp3) is 0.222. The van der Waals surface area contributed by atoms with E-state index < -0.39 is 21.9 Å². The molecule has 0 unspecified atom stereocenters. The zero-order valence-electron chi connectivity index (χ0n) is 15.1. The predicted molar refractivity (Wildman–Crippen MR) is 99.2 cm³/mol. The van der Waals surface area contributed by atoms with Crippen LogP contribution in [0.3, 0.4) is 0 Å². The van der Waals surface area contributed by atoms with Crippen molar-refractivity contribution in [3.05, 3.63) is 54.1 Å². The number of hydrogen-bond acceptors (Lipinski definition) is 6. The number of methoxy groups -OCH3 is 1. The topological polar surface area (TPSA) is 102 Å². The number of amides is 1. The molecule has 0 aromatic heterocycles. The van der Waals surface area contributed by atoms with Crippen LogP contribution in [0.1, 0.15) is 10.4 Å². The maximum absolute atomic E-state index is 12.1. The van der Waals surface area contributed by atoms with Crippen LogP contribution in [0.2, 0.25) is 0 Å². The Morgan fingerprint density at radius 3 is 2.44 bits per heavy atom. The van der Waals surface area contributed by atoms with Crippen LogP contribution in [0.5, 0.6) is 5.75 Å². The van der Waals surface area contributed by atoms with E-state index >= 15 is 0 Å². The lowest BCUT2D eigenvalue weighted by Gasteiger charge is -2.13. The number of anilines is 1. The largest absolute Gasteiger partial charge is 0.484 e. The van der Waals surface area contributed by atoms with Gasteiger partial charge in [-0.1, -0.05) is 12.1 Å². The minimum absolute atomic E-state index is 0.0667. The fourth-order valence-electron chi connectivity index (χ4n) is 2.12. The molecule has 0 saturated carbocycles. The second kappa shape index (κ2) is 8.65. The Morgan fingerprint density at radius 2 is 1.78 bits per heavy atom. The summed E-state index contributed by atoms with van der Waals surface area (Å²) in [6, 6.07) is 12.2. The van der Waals surface area contributed by atoms with Crippen molar-refractivity contribution in [3.8, 4) is 5.75 Å². The summed E-state index contributed by atoms with van der Waals surface area (Å²) >= 11 is 0. The highest BCUT2D eigenvalue weighted by Gasteiger charge is 2.17. The molecule has 0 spiro atoms. The number of sulfonamides is 1. The van der Waals surface area contributed by atoms with Gasteiger partial charge in [0.1, 0.15) is 5.75 Å². The second-order valence-corrected chi connectivity index (χ2v) is 7.82. The van der Waals surface area contributed by atoms with Gasteiger partial charge < -0.3 is 14.8 Å². The molecule has 0 fully saturated rings.